The summed E-state index contributed by atoms with van der Waals surface area (Å²) in [5.41, 5.74) is 11.1. The van der Waals surface area contributed by atoms with Gasteiger partial charge in [0.1, 0.15) is 23.1 Å². The number of benzene rings is 4. The number of unbranched alkanes of at least 4 members (excludes halogenated alkanes) is 1. The minimum Gasteiger partial charge on any atom is -0.457 e. The second-order valence-electron chi connectivity index (χ2n) is 12.1. The molecular weight excluding hydrogens is 571 g/mol. The van der Waals surface area contributed by atoms with Gasteiger partial charge in [-0.15, -0.1) is 0 Å². The lowest BCUT2D eigenvalue weighted by atomic mass is 9.94. The van der Waals surface area contributed by atoms with Gasteiger partial charge < -0.3 is 4.74 Å². The third kappa shape index (κ3) is 5.24. The summed E-state index contributed by atoms with van der Waals surface area (Å²) in [6.45, 7) is 10.8. The highest BCUT2D eigenvalue weighted by molar-refractivity contribution is 6.09. The lowest BCUT2D eigenvalue weighted by molar-refractivity contribution is 0.482. The van der Waals surface area contributed by atoms with Crippen LogP contribution in [0.4, 0.5) is 4.39 Å². The van der Waals surface area contributed by atoms with Gasteiger partial charge in [-0.25, -0.2) is 14.1 Å². The topological polar surface area (TPSA) is 44.9 Å². The first-order valence-corrected chi connectivity index (χ1v) is 15.9. The summed E-state index contributed by atoms with van der Waals surface area (Å²) in [6, 6.07) is 29.9. The Balaban J connectivity index is 1.34. The zero-order chi connectivity index (χ0) is 31.9. The molecule has 0 aliphatic carbocycles. The second-order valence-corrected chi connectivity index (χ2v) is 12.1. The van der Waals surface area contributed by atoms with Gasteiger partial charge in [0.05, 0.1) is 22.4 Å². The van der Waals surface area contributed by atoms with Crippen LogP contribution in [0.3, 0.4) is 0 Å². The van der Waals surface area contributed by atoms with Crippen molar-refractivity contribution < 1.29 is 9.13 Å². The highest BCUT2D eigenvalue weighted by atomic mass is 19.1. The lowest BCUT2D eigenvalue weighted by Gasteiger charge is -2.14. The van der Waals surface area contributed by atoms with Crippen molar-refractivity contribution in [3.8, 4) is 34.1 Å². The van der Waals surface area contributed by atoms with E-state index >= 15 is 0 Å². The van der Waals surface area contributed by atoms with Crippen LogP contribution in [-0.4, -0.2) is 19.3 Å². The molecule has 0 atom stereocenters. The third-order valence-electron chi connectivity index (χ3n) is 8.85. The highest BCUT2D eigenvalue weighted by Gasteiger charge is 2.19. The van der Waals surface area contributed by atoms with Gasteiger partial charge in [0.2, 0.25) is 0 Å². The quantitative estimate of drug-likeness (QED) is 0.172. The number of hydrogen-bond donors (Lipinski definition) is 0. The average Bonchev–Trinajstić information content (AvgIpc) is 3.53. The Kier molecular flexibility index (Phi) is 7.65. The molecule has 7 aromatic rings. The summed E-state index contributed by atoms with van der Waals surface area (Å²) >= 11 is 0. The standard InChI is InChI=1S/C40H37FN4O/c1-6-7-13-29-20-31(45-28(5)40(27(4)43-45)39-25(2)11-10-12-26(39)3)23-33(21-29)46-32-16-17-35-34-14-8-9-15-36(34)44(37(35)24-32)38-22-30(41)18-19-42-38/h8-12,14-24H,6-7,13H2,1-5H3. The Morgan fingerprint density at radius 2 is 1.52 bits per heavy atom. The van der Waals surface area contributed by atoms with Crippen molar-refractivity contribution in [1.82, 2.24) is 19.3 Å². The molecule has 0 saturated heterocycles. The molecule has 5 nitrogen and oxygen atoms in total. The fraction of sp³-hybridized carbons (Fsp3) is 0.200. The van der Waals surface area contributed by atoms with E-state index in [1.807, 2.05) is 34.9 Å². The van der Waals surface area contributed by atoms with E-state index in [0.717, 1.165) is 63.9 Å². The van der Waals surface area contributed by atoms with Crippen molar-refractivity contribution in [2.45, 2.75) is 53.9 Å². The van der Waals surface area contributed by atoms with Gasteiger partial charge in [-0.2, -0.15) is 5.10 Å². The van der Waals surface area contributed by atoms with Gasteiger partial charge in [0.15, 0.2) is 0 Å². The molecule has 3 heterocycles. The molecule has 0 bridgehead atoms. The van der Waals surface area contributed by atoms with Gasteiger partial charge >= 0.3 is 0 Å². The molecule has 0 aliphatic heterocycles. The molecule has 0 radical (unpaired) electrons. The van der Waals surface area contributed by atoms with E-state index in [1.165, 1.54) is 46.1 Å². The number of para-hydroxylation sites is 1. The molecule has 0 unspecified atom stereocenters. The molecule has 46 heavy (non-hydrogen) atoms. The number of ether oxygens (including phenoxy) is 1. The summed E-state index contributed by atoms with van der Waals surface area (Å²) in [5, 5.41) is 7.17. The Morgan fingerprint density at radius 1 is 0.739 bits per heavy atom. The van der Waals surface area contributed by atoms with Gasteiger partial charge in [-0.3, -0.25) is 4.57 Å². The van der Waals surface area contributed by atoms with Crippen LogP contribution in [0.1, 0.15) is 47.8 Å². The largest absolute Gasteiger partial charge is 0.457 e. The molecule has 0 spiro atoms. The molecule has 230 valence electrons. The van der Waals surface area contributed by atoms with Crippen molar-refractivity contribution in [3.63, 3.8) is 0 Å². The number of hydrogen-bond acceptors (Lipinski definition) is 3. The summed E-state index contributed by atoms with van der Waals surface area (Å²) in [7, 11) is 0. The molecule has 3 aromatic heterocycles. The van der Waals surface area contributed by atoms with Crippen LogP contribution < -0.4 is 4.74 Å². The maximum Gasteiger partial charge on any atom is 0.140 e. The van der Waals surface area contributed by atoms with Crippen LogP contribution in [0.5, 0.6) is 11.5 Å². The normalized spacial score (nSPS) is 11.5. The fourth-order valence-corrected chi connectivity index (χ4v) is 6.73. The van der Waals surface area contributed by atoms with E-state index < -0.39 is 0 Å². The molecule has 6 heteroatoms. The minimum atomic E-state index is -0.329. The first kappa shape index (κ1) is 29.5. The number of aryl methyl sites for hydroxylation is 4. The van der Waals surface area contributed by atoms with Crippen LogP contribution >= 0.6 is 0 Å². The summed E-state index contributed by atoms with van der Waals surface area (Å²) in [6.07, 6.45) is 4.63. The molecule has 0 fully saturated rings. The molecule has 0 saturated carbocycles. The lowest BCUT2D eigenvalue weighted by Crippen LogP contribution is -2.02. The van der Waals surface area contributed by atoms with Crippen LogP contribution in [0.25, 0.3) is 44.4 Å². The first-order chi connectivity index (χ1) is 22.3. The van der Waals surface area contributed by atoms with E-state index in [0.29, 0.717) is 11.6 Å². The van der Waals surface area contributed by atoms with Gasteiger partial charge in [-0.1, -0.05) is 49.7 Å². The van der Waals surface area contributed by atoms with Crippen molar-refractivity contribution in [2.24, 2.45) is 0 Å². The number of rotatable bonds is 8. The van der Waals surface area contributed by atoms with Gasteiger partial charge in [0, 0.05) is 46.4 Å². The Bertz CT molecular complexity index is 2220. The molecule has 4 aromatic carbocycles. The van der Waals surface area contributed by atoms with Crippen LogP contribution in [0.2, 0.25) is 0 Å². The van der Waals surface area contributed by atoms with Crippen LogP contribution in [0.15, 0.2) is 97.2 Å². The number of fused-ring (bicyclic) bond motifs is 3. The smallest absolute Gasteiger partial charge is 0.140 e. The molecule has 0 aliphatic rings. The maximum absolute atomic E-state index is 14.3. The van der Waals surface area contributed by atoms with Gasteiger partial charge in [-0.05, 0) is 99.2 Å². The van der Waals surface area contributed by atoms with E-state index in [2.05, 4.69) is 92.8 Å². The fourth-order valence-electron chi connectivity index (χ4n) is 6.73. The van der Waals surface area contributed by atoms with E-state index in [1.54, 1.807) is 0 Å². The number of aromatic nitrogens is 4. The zero-order valence-electron chi connectivity index (χ0n) is 26.9. The number of pyridine rings is 1. The first-order valence-electron chi connectivity index (χ1n) is 15.9. The molecule has 0 N–H and O–H groups in total. The Hall–Kier alpha value is -5.23. The van der Waals surface area contributed by atoms with E-state index in [-0.39, 0.29) is 5.82 Å². The third-order valence-corrected chi connectivity index (χ3v) is 8.85. The second kappa shape index (κ2) is 11.9. The molecular formula is C40H37FN4O. The van der Waals surface area contributed by atoms with Crippen LogP contribution in [0, 0.1) is 33.5 Å². The van der Waals surface area contributed by atoms with Crippen molar-refractivity contribution >= 4 is 21.8 Å². The van der Waals surface area contributed by atoms with E-state index in [4.69, 9.17) is 9.84 Å². The monoisotopic (exact) mass is 608 g/mol. The predicted octanol–water partition coefficient (Wildman–Crippen LogP) is 10.5. The molecule has 7 rings (SSSR count). The predicted molar refractivity (Wildman–Crippen MR) is 185 cm³/mol. The average molecular weight is 609 g/mol. The Morgan fingerprint density at radius 3 is 2.30 bits per heavy atom. The Labute approximate surface area is 268 Å². The molecule has 0 amide bonds. The zero-order valence-corrected chi connectivity index (χ0v) is 26.9. The maximum atomic E-state index is 14.3. The summed E-state index contributed by atoms with van der Waals surface area (Å²) < 4.78 is 25.0. The summed E-state index contributed by atoms with van der Waals surface area (Å²) in [5.74, 6) is 1.63. The number of nitrogens with zero attached hydrogens (tertiary/aromatic N) is 4. The van der Waals surface area contributed by atoms with Crippen molar-refractivity contribution in [1.29, 1.82) is 0 Å². The highest BCUT2D eigenvalue weighted by Crippen LogP contribution is 2.37. The number of halogens is 1. The van der Waals surface area contributed by atoms with Crippen molar-refractivity contribution in [3.05, 3.63) is 131 Å². The SMILES string of the molecule is CCCCc1cc(Oc2ccc3c4ccccc4n(-c4cc(F)ccn4)c3c2)cc(-n2nc(C)c(-c3c(C)cccc3C)c2C)c1. The van der Waals surface area contributed by atoms with E-state index in [9.17, 15) is 4.39 Å². The summed E-state index contributed by atoms with van der Waals surface area (Å²) in [4.78, 5) is 4.50. The van der Waals surface area contributed by atoms with Gasteiger partial charge in [0.25, 0.3) is 0 Å². The minimum absolute atomic E-state index is 0.329. The van der Waals surface area contributed by atoms with Crippen LogP contribution in [-0.2, 0) is 6.42 Å². The van der Waals surface area contributed by atoms with Crippen molar-refractivity contribution in [2.75, 3.05) is 0 Å².